The van der Waals surface area contributed by atoms with Gasteiger partial charge in [0.15, 0.2) is 0 Å². The fourth-order valence-electron chi connectivity index (χ4n) is 2.24. The molecule has 0 atom stereocenters. The minimum atomic E-state index is -0.412. The van der Waals surface area contributed by atoms with Crippen molar-refractivity contribution in [2.24, 2.45) is 5.92 Å². The molecule has 0 aliphatic heterocycles. The van der Waals surface area contributed by atoms with Crippen LogP contribution in [0.2, 0.25) is 0 Å². The summed E-state index contributed by atoms with van der Waals surface area (Å²) in [7, 11) is 0. The molecule has 0 fully saturated rings. The molecule has 1 amide bonds. The smallest absolute Gasteiger partial charge is 0.341 e. The van der Waals surface area contributed by atoms with E-state index in [9.17, 15) is 9.59 Å². The fraction of sp³-hybridized carbons (Fsp3) is 0.500. The summed E-state index contributed by atoms with van der Waals surface area (Å²) in [6.45, 7) is 7.92. The van der Waals surface area contributed by atoms with Crippen molar-refractivity contribution in [3.63, 3.8) is 0 Å². The van der Waals surface area contributed by atoms with Gasteiger partial charge in [-0.25, -0.2) is 9.47 Å². The molecule has 0 aromatic carbocycles. The summed E-state index contributed by atoms with van der Waals surface area (Å²) < 4.78 is 6.48. The quantitative estimate of drug-likeness (QED) is 0.400. The Bertz CT molecular complexity index is 785. The first kappa shape index (κ1) is 20.2. The number of nitrogens with two attached hydrogens (primary N) is 1. The maximum atomic E-state index is 12.3. The van der Waals surface area contributed by atoms with Gasteiger partial charge in [0.25, 0.3) is 0 Å². The molecule has 2 aromatic heterocycles. The number of thioether (sulfide) groups is 1. The Kier molecular flexibility index (Phi) is 7.04. The van der Waals surface area contributed by atoms with E-state index in [0.29, 0.717) is 27.5 Å². The van der Waals surface area contributed by atoms with E-state index in [0.717, 1.165) is 12.0 Å². The van der Waals surface area contributed by atoms with Crippen molar-refractivity contribution < 1.29 is 14.3 Å². The summed E-state index contributed by atoms with van der Waals surface area (Å²) in [6, 6.07) is 0. The average molecular weight is 398 g/mol. The number of carbonyl (C=O) groups excluding carboxylic acids is 2. The van der Waals surface area contributed by atoms with E-state index in [-0.39, 0.29) is 18.3 Å². The van der Waals surface area contributed by atoms with Crippen LogP contribution in [-0.2, 0) is 16.0 Å². The van der Waals surface area contributed by atoms with Gasteiger partial charge in [0.05, 0.1) is 17.9 Å². The van der Waals surface area contributed by atoms with E-state index < -0.39 is 5.97 Å². The first-order chi connectivity index (χ1) is 12.3. The fourth-order valence-corrected chi connectivity index (χ4v) is 3.93. The number of hydrogen-bond donors (Lipinski definition) is 2. The van der Waals surface area contributed by atoms with Crippen LogP contribution in [0.5, 0.6) is 0 Å². The minimum Gasteiger partial charge on any atom is -0.462 e. The summed E-state index contributed by atoms with van der Waals surface area (Å²) in [4.78, 5) is 24.6. The van der Waals surface area contributed by atoms with Crippen molar-refractivity contribution in [3.8, 4) is 0 Å². The molecular weight excluding hydrogens is 374 g/mol. The lowest BCUT2D eigenvalue weighted by Crippen LogP contribution is -2.18. The molecule has 26 heavy (non-hydrogen) atoms. The lowest BCUT2D eigenvalue weighted by atomic mass is 10.0. The van der Waals surface area contributed by atoms with Crippen LogP contribution in [0.25, 0.3) is 0 Å². The van der Waals surface area contributed by atoms with Gasteiger partial charge in [0.2, 0.25) is 11.1 Å². The summed E-state index contributed by atoms with van der Waals surface area (Å²) >= 11 is 2.51. The van der Waals surface area contributed by atoms with Crippen LogP contribution in [0.4, 0.5) is 5.00 Å². The highest BCUT2D eigenvalue weighted by atomic mass is 32.2. The second-order valence-corrected chi connectivity index (χ2v) is 7.84. The highest BCUT2D eigenvalue weighted by Gasteiger charge is 2.22. The van der Waals surface area contributed by atoms with Crippen LogP contribution in [0, 0.1) is 12.8 Å². The van der Waals surface area contributed by atoms with Crippen molar-refractivity contribution in [2.45, 2.75) is 39.3 Å². The number of thiophene rings is 1. The van der Waals surface area contributed by atoms with Gasteiger partial charge in [-0.2, -0.15) is 0 Å². The number of nitrogens with one attached hydrogen (secondary N) is 1. The molecule has 0 saturated carbocycles. The molecule has 0 bridgehead atoms. The zero-order valence-corrected chi connectivity index (χ0v) is 16.9. The van der Waals surface area contributed by atoms with Gasteiger partial charge in [-0.1, -0.05) is 25.6 Å². The number of nitrogen functional groups attached to an aromatic ring is 1. The number of anilines is 1. The van der Waals surface area contributed by atoms with E-state index in [1.807, 2.05) is 5.38 Å². The molecular formula is C16H23N5O3S2. The zero-order valence-electron chi connectivity index (χ0n) is 15.2. The maximum Gasteiger partial charge on any atom is 0.341 e. The van der Waals surface area contributed by atoms with Crippen molar-refractivity contribution in [1.82, 2.24) is 14.9 Å². The Hall–Kier alpha value is -2.07. The van der Waals surface area contributed by atoms with Crippen molar-refractivity contribution in [2.75, 3.05) is 23.5 Å². The minimum absolute atomic E-state index is 0.106. The molecule has 0 radical (unpaired) electrons. The molecule has 3 N–H and O–H groups in total. The van der Waals surface area contributed by atoms with E-state index in [4.69, 9.17) is 10.6 Å². The number of hydrogen-bond acceptors (Lipinski definition) is 8. The van der Waals surface area contributed by atoms with E-state index in [2.05, 4.69) is 29.4 Å². The monoisotopic (exact) mass is 397 g/mol. The van der Waals surface area contributed by atoms with Crippen LogP contribution in [0.1, 0.15) is 42.5 Å². The molecule has 0 saturated heterocycles. The molecule has 0 unspecified atom stereocenters. The normalized spacial score (nSPS) is 11.0. The molecule has 8 nitrogen and oxygen atoms in total. The largest absolute Gasteiger partial charge is 0.462 e. The highest BCUT2D eigenvalue weighted by Crippen LogP contribution is 2.31. The Balaban J connectivity index is 2.09. The van der Waals surface area contributed by atoms with Gasteiger partial charge in [-0.15, -0.1) is 21.5 Å². The molecule has 0 spiro atoms. The van der Waals surface area contributed by atoms with Crippen LogP contribution in [0.15, 0.2) is 10.5 Å². The van der Waals surface area contributed by atoms with Gasteiger partial charge in [-0.3, -0.25) is 4.79 Å². The van der Waals surface area contributed by atoms with Crippen LogP contribution in [-0.4, -0.2) is 39.1 Å². The van der Waals surface area contributed by atoms with Crippen molar-refractivity contribution in [3.05, 3.63) is 22.3 Å². The number of nitrogens with zero attached hydrogens (tertiary/aromatic N) is 3. The van der Waals surface area contributed by atoms with Gasteiger partial charge in [0.1, 0.15) is 10.8 Å². The van der Waals surface area contributed by atoms with Gasteiger partial charge in [0, 0.05) is 0 Å². The summed E-state index contributed by atoms with van der Waals surface area (Å²) in [6.07, 6.45) is 0.741. The van der Waals surface area contributed by atoms with Crippen LogP contribution in [0.3, 0.4) is 0 Å². The SMILES string of the molecule is CCOC(=O)c1c(CC(C)C)csc1NC(=O)CSc1nnc(C)n1N. The lowest BCUT2D eigenvalue weighted by molar-refractivity contribution is -0.113. The van der Waals surface area contributed by atoms with E-state index in [1.54, 1.807) is 13.8 Å². The van der Waals surface area contributed by atoms with Gasteiger partial charge in [-0.05, 0) is 37.1 Å². The Morgan fingerprint density at radius 2 is 2.15 bits per heavy atom. The maximum absolute atomic E-state index is 12.3. The number of ether oxygens (including phenoxy) is 1. The van der Waals surface area contributed by atoms with E-state index >= 15 is 0 Å². The number of aromatic nitrogens is 3. The molecule has 10 heteroatoms. The highest BCUT2D eigenvalue weighted by molar-refractivity contribution is 7.99. The first-order valence-corrected chi connectivity index (χ1v) is 10.1. The third-order valence-corrected chi connectivity index (χ3v) is 5.28. The Morgan fingerprint density at radius 3 is 2.73 bits per heavy atom. The predicted octanol–water partition coefficient (Wildman–Crippen LogP) is 2.47. The summed E-state index contributed by atoms with van der Waals surface area (Å²) in [5.41, 5.74) is 1.34. The van der Waals surface area contributed by atoms with Crippen molar-refractivity contribution >= 4 is 40.0 Å². The topological polar surface area (TPSA) is 112 Å². The van der Waals surface area contributed by atoms with Crippen molar-refractivity contribution in [1.29, 1.82) is 0 Å². The third kappa shape index (κ3) is 4.98. The Labute approximate surface area is 160 Å². The number of carbonyl (C=O) groups is 2. The second kappa shape index (κ2) is 9.04. The molecule has 2 aromatic rings. The molecule has 2 rings (SSSR count). The number of aryl methyl sites for hydroxylation is 1. The summed E-state index contributed by atoms with van der Waals surface area (Å²) in [5, 5.41) is 13.4. The average Bonchev–Trinajstić information content (AvgIpc) is 3.09. The van der Waals surface area contributed by atoms with Gasteiger partial charge < -0.3 is 15.9 Å². The molecule has 0 aliphatic carbocycles. The zero-order chi connectivity index (χ0) is 19.3. The molecule has 0 aliphatic rings. The van der Waals surface area contributed by atoms with Gasteiger partial charge >= 0.3 is 5.97 Å². The second-order valence-electron chi connectivity index (χ2n) is 6.02. The Morgan fingerprint density at radius 1 is 1.42 bits per heavy atom. The number of esters is 1. The molecule has 2 heterocycles. The summed E-state index contributed by atoms with van der Waals surface area (Å²) in [5.74, 6) is 6.16. The van der Waals surface area contributed by atoms with Crippen LogP contribution < -0.4 is 11.2 Å². The number of rotatable bonds is 8. The number of amides is 1. The first-order valence-electron chi connectivity index (χ1n) is 8.20. The molecule has 142 valence electrons. The third-order valence-electron chi connectivity index (χ3n) is 3.40. The predicted molar refractivity (Wildman–Crippen MR) is 103 cm³/mol. The van der Waals surface area contributed by atoms with Crippen LogP contribution >= 0.6 is 23.1 Å². The standard InChI is InChI=1S/C16H23N5O3S2/c1-5-24-15(23)13-11(6-9(2)3)7-25-14(13)18-12(22)8-26-16-20-19-10(4)21(16)17/h7,9H,5-6,8,17H2,1-4H3,(H,18,22). The lowest BCUT2D eigenvalue weighted by Gasteiger charge is -2.09. The van der Waals surface area contributed by atoms with E-state index in [1.165, 1.54) is 27.8 Å².